The summed E-state index contributed by atoms with van der Waals surface area (Å²) in [5, 5.41) is 3.54. The number of rotatable bonds is 9. The van der Waals surface area contributed by atoms with Crippen molar-refractivity contribution < 1.29 is 0 Å². The summed E-state index contributed by atoms with van der Waals surface area (Å²) in [5.74, 6) is 0.703. The highest BCUT2D eigenvalue weighted by Crippen LogP contribution is 2.19. The van der Waals surface area contributed by atoms with Crippen LogP contribution in [0.5, 0.6) is 0 Å². The second-order valence-corrected chi connectivity index (χ2v) is 5.78. The van der Waals surface area contributed by atoms with Crippen LogP contribution in [0.2, 0.25) is 0 Å². The molecule has 19 heavy (non-hydrogen) atoms. The number of benzene rings is 1. The Morgan fingerprint density at radius 3 is 2.58 bits per heavy atom. The van der Waals surface area contributed by atoms with Crippen molar-refractivity contribution >= 4 is 5.69 Å². The number of para-hydroxylation sites is 1. The standard InChI is InChI=1S/C17H30N2/c1-5-6-9-12-19(4)17-11-8-7-10-16(17)14-18-13-15(2)3/h7-8,10-11,15,18H,5-6,9,12-14H2,1-4H3. The van der Waals surface area contributed by atoms with Gasteiger partial charge < -0.3 is 10.2 Å². The molecule has 0 aliphatic carbocycles. The van der Waals surface area contributed by atoms with Gasteiger partial charge in [-0.2, -0.15) is 0 Å². The van der Waals surface area contributed by atoms with Crippen LogP contribution < -0.4 is 10.2 Å². The van der Waals surface area contributed by atoms with Crippen molar-refractivity contribution in [3.63, 3.8) is 0 Å². The number of unbranched alkanes of at least 4 members (excludes halogenated alkanes) is 2. The highest BCUT2D eigenvalue weighted by atomic mass is 15.1. The molecule has 1 N–H and O–H groups in total. The van der Waals surface area contributed by atoms with Crippen molar-refractivity contribution in [2.24, 2.45) is 5.92 Å². The van der Waals surface area contributed by atoms with E-state index in [1.165, 1.54) is 30.5 Å². The summed E-state index contributed by atoms with van der Waals surface area (Å²) in [5.41, 5.74) is 2.78. The highest BCUT2D eigenvalue weighted by molar-refractivity contribution is 5.52. The second kappa shape index (κ2) is 8.98. The van der Waals surface area contributed by atoms with E-state index in [0.29, 0.717) is 5.92 Å². The molecule has 2 heteroatoms. The van der Waals surface area contributed by atoms with Crippen molar-refractivity contribution in [3.8, 4) is 0 Å². The summed E-state index contributed by atoms with van der Waals surface area (Å²) in [6.07, 6.45) is 3.88. The van der Waals surface area contributed by atoms with Crippen LogP contribution in [0.15, 0.2) is 24.3 Å². The lowest BCUT2D eigenvalue weighted by Crippen LogP contribution is -2.23. The maximum Gasteiger partial charge on any atom is 0.0409 e. The molecule has 0 aliphatic heterocycles. The predicted octanol–water partition coefficient (Wildman–Crippen LogP) is 4.06. The number of hydrogen-bond acceptors (Lipinski definition) is 2. The Morgan fingerprint density at radius 1 is 1.16 bits per heavy atom. The van der Waals surface area contributed by atoms with Crippen LogP contribution in [0.25, 0.3) is 0 Å². The fourth-order valence-corrected chi connectivity index (χ4v) is 2.25. The maximum atomic E-state index is 3.54. The van der Waals surface area contributed by atoms with E-state index < -0.39 is 0 Å². The monoisotopic (exact) mass is 262 g/mol. The van der Waals surface area contributed by atoms with E-state index in [9.17, 15) is 0 Å². The summed E-state index contributed by atoms with van der Waals surface area (Å²) in [6, 6.07) is 8.74. The van der Waals surface area contributed by atoms with E-state index in [1.807, 2.05) is 0 Å². The number of anilines is 1. The molecular weight excluding hydrogens is 232 g/mol. The lowest BCUT2D eigenvalue weighted by Gasteiger charge is -2.23. The largest absolute Gasteiger partial charge is 0.374 e. The predicted molar refractivity (Wildman–Crippen MR) is 85.8 cm³/mol. The van der Waals surface area contributed by atoms with Crippen molar-refractivity contribution in [2.75, 3.05) is 25.0 Å². The first-order valence-electron chi connectivity index (χ1n) is 7.65. The molecule has 0 saturated carbocycles. The fourth-order valence-electron chi connectivity index (χ4n) is 2.25. The van der Waals surface area contributed by atoms with Gasteiger partial charge in [-0.3, -0.25) is 0 Å². The Balaban J connectivity index is 2.56. The van der Waals surface area contributed by atoms with E-state index in [0.717, 1.165) is 19.6 Å². The van der Waals surface area contributed by atoms with Crippen LogP contribution in [-0.2, 0) is 6.54 Å². The van der Waals surface area contributed by atoms with Gasteiger partial charge in [-0.25, -0.2) is 0 Å². The quantitative estimate of drug-likeness (QED) is 0.675. The van der Waals surface area contributed by atoms with Gasteiger partial charge in [-0.05, 0) is 30.5 Å². The molecular formula is C17H30N2. The van der Waals surface area contributed by atoms with Gasteiger partial charge in [0.05, 0.1) is 0 Å². The fraction of sp³-hybridized carbons (Fsp3) is 0.647. The molecule has 0 spiro atoms. The summed E-state index contributed by atoms with van der Waals surface area (Å²) in [6.45, 7) is 9.94. The summed E-state index contributed by atoms with van der Waals surface area (Å²) >= 11 is 0. The van der Waals surface area contributed by atoms with Crippen LogP contribution in [0, 0.1) is 5.92 Å². The molecule has 1 aromatic carbocycles. The Morgan fingerprint density at radius 2 is 1.89 bits per heavy atom. The third kappa shape index (κ3) is 6.11. The van der Waals surface area contributed by atoms with Gasteiger partial charge in [0.2, 0.25) is 0 Å². The van der Waals surface area contributed by atoms with E-state index in [1.54, 1.807) is 0 Å². The zero-order valence-corrected chi connectivity index (χ0v) is 13.1. The first kappa shape index (κ1) is 16.0. The van der Waals surface area contributed by atoms with Crippen LogP contribution in [0.1, 0.15) is 45.6 Å². The van der Waals surface area contributed by atoms with E-state index in [2.05, 4.69) is 62.3 Å². The molecule has 2 nitrogen and oxygen atoms in total. The molecule has 0 heterocycles. The molecule has 0 saturated heterocycles. The molecule has 0 fully saturated rings. The minimum absolute atomic E-state index is 0.703. The van der Waals surface area contributed by atoms with Gasteiger partial charge in [-0.1, -0.05) is 51.8 Å². The average molecular weight is 262 g/mol. The zero-order chi connectivity index (χ0) is 14.1. The van der Waals surface area contributed by atoms with Crippen LogP contribution in [-0.4, -0.2) is 20.1 Å². The normalized spacial score (nSPS) is 11.0. The molecule has 0 aromatic heterocycles. The van der Waals surface area contributed by atoms with Crippen molar-refractivity contribution in [1.29, 1.82) is 0 Å². The van der Waals surface area contributed by atoms with Crippen molar-refractivity contribution in [3.05, 3.63) is 29.8 Å². The highest BCUT2D eigenvalue weighted by Gasteiger charge is 2.06. The van der Waals surface area contributed by atoms with Gasteiger partial charge in [0.1, 0.15) is 0 Å². The Kier molecular flexibility index (Phi) is 7.57. The lowest BCUT2D eigenvalue weighted by atomic mass is 10.1. The van der Waals surface area contributed by atoms with Gasteiger partial charge in [0.15, 0.2) is 0 Å². The van der Waals surface area contributed by atoms with E-state index in [4.69, 9.17) is 0 Å². The van der Waals surface area contributed by atoms with Crippen LogP contribution >= 0.6 is 0 Å². The second-order valence-electron chi connectivity index (χ2n) is 5.78. The first-order chi connectivity index (χ1) is 9.15. The summed E-state index contributed by atoms with van der Waals surface area (Å²) in [7, 11) is 2.21. The molecule has 0 radical (unpaired) electrons. The summed E-state index contributed by atoms with van der Waals surface area (Å²) < 4.78 is 0. The summed E-state index contributed by atoms with van der Waals surface area (Å²) in [4.78, 5) is 2.39. The molecule has 1 rings (SSSR count). The Hall–Kier alpha value is -1.02. The van der Waals surface area contributed by atoms with Crippen molar-refractivity contribution in [1.82, 2.24) is 5.32 Å². The smallest absolute Gasteiger partial charge is 0.0409 e. The van der Waals surface area contributed by atoms with Crippen LogP contribution in [0.4, 0.5) is 5.69 Å². The minimum atomic E-state index is 0.703. The number of hydrogen-bond donors (Lipinski definition) is 1. The zero-order valence-electron chi connectivity index (χ0n) is 13.1. The Labute approximate surface area is 119 Å². The lowest BCUT2D eigenvalue weighted by molar-refractivity contribution is 0.552. The first-order valence-corrected chi connectivity index (χ1v) is 7.65. The molecule has 0 aliphatic rings. The van der Waals surface area contributed by atoms with Crippen molar-refractivity contribution in [2.45, 2.75) is 46.6 Å². The molecule has 108 valence electrons. The van der Waals surface area contributed by atoms with E-state index >= 15 is 0 Å². The third-order valence-electron chi connectivity index (χ3n) is 3.37. The van der Waals surface area contributed by atoms with E-state index in [-0.39, 0.29) is 0 Å². The molecule has 0 unspecified atom stereocenters. The minimum Gasteiger partial charge on any atom is -0.374 e. The SMILES string of the molecule is CCCCCN(C)c1ccccc1CNCC(C)C. The van der Waals surface area contributed by atoms with Gasteiger partial charge in [0.25, 0.3) is 0 Å². The van der Waals surface area contributed by atoms with Gasteiger partial charge in [0, 0.05) is 25.8 Å². The maximum absolute atomic E-state index is 3.54. The van der Waals surface area contributed by atoms with Gasteiger partial charge in [-0.15, -0.1) is 0 Å². The molecule has 0 amide bonds. The van der Waals surface area contributed by atoms with Gasteiger partial charge >= 0.3 is 0 Å². The molecule has 1 aromatic rings. The molecule has 0 atom stereocenters. The number of nitrogens with one attached hydrogen (secondary N) is 1. The van der Waals surface area contributed by atoms with Crippen LogP contribution in [0.3, 0.4) is 0 Å². The average Bonchev–Trinajstić information content (AvgIpc) is 2.39. The third-order valence-corrected chi connectivity index (χ3v) is 3.37. The molecule has 0 bridgehead atoms. The Bertz CT molecular complexity index is 347. The number of nitrogens with zero attached hydrogens (tertiary/aromatic N) is 1. The topological polar surface area (TPSA) is 15.3 Å².